The quantitative estimate of drug-likeness (QED) is 0.708. The maximum Gasteiger partial charge on any atom is 0.222 e. The van der Waals surface area contributed by atoms with Crippen LogP contribution in [0.25, 0.3) is 0 Å². The fourth-order valence-corrected chi connectivity index (χ4v) is 2.65. The van der Waals surface area contributed by atoms with Crippen LogP contribution in [0, 0.1) is 5.92 Å². The third-order valence-corrected chi connectivity index (χ3v) is 3.60. The number of rotatable bonds is 8. The molecule has 1 unspecified atom stereocenters. The van der Waals surface area contributed by atoms with Crippen molar-refractivity contribution in [2.75, 3.05) is 26.4 Å². The van der Waals surface area contributed by atoms with Gasteiger partial charge in [0.25, 0.3) is 0 Å². The topological polar surface area (TPSA) is 73.6 Å². The van der Waals surface area contributed by atoms with Gasteiger partial charge in [-0.2, -0.15) is 0 Å². The molecule has 0 aromatic heterocycles. The Labute approximate surface area is 122 Å². The second-order valence-electron chi connectivity index (χ2n) is 6.34. The van der Waals surface area contributed by atoms with E-state index in [4.69, 9.17) is 15.2 Å². The largest absolute Gasteiger partial charge is 0.381 e. The Balaban J connectivity index is 2.24. The van der Waals surface area contributed by atoms with Gasteiger partial charge in [0.15, 0.2) is 0 Å². The molecule has 5 heteroatoms. The molecule has 1 saturated heterocycles. The molecule has 0 aliphatic carbocycles. The molecular weight excluding hydrogens is 256 g/mol. The smallest absolute Gasteiger partial charge is 0.222 e. The molecule has 0 bridgehead atoms. The fourth-order valence-electron chi connectivity index (χ4n) is 2.65. The fraction of sp³-hybridized carbons (Fsp3) is 0.933. The van der Waals surface area contributed by atoms with Gasteiger partial charge in [0.05, 0.1) is 12.7 Å². The second kappa shape index (κ2) is 8.60. The molecule has 1 amide bonds. The minimum atomic E-state index is -0.316. The molecular formula is C15H30N2O3. The summed E-state index contributed by atoms with van der Waals surface area (Å²) in [5, 5.41) is 3.04. The molecule has 0 aromatic carbocycles. The highest BCUT2D eigenvalue weighted by Crippen LogP contribution is 2.15. The Hall–Kier alpha value is -0.650. The van der Waals surface area contributed by atoms with Crippen molar-refractivity contribution in [3.05, 3.63) is 0 Å². The molecule has 1 atom stereocenters. The first kappa shape index (κ1) is 17.4. The molecule has 118 valence electrons. The summed E-state index contributed by atoms with van der Waals surface area (Å²) in [4.78, 5) is 12.0. The summed E-state index contributed by atoms with van der Waals surface area (Å²) >= 11 is 0. The van der Waals surface area contributed by atoms with Crippen LogP contribution in [0.1, 0.15) is 46.5 Å². The van der Waals surface area contributed by atoms with Crippen LogP contribution < -0.4 is 11.1 Å². The van der Waals surface area contributed by atoms with Crippen LogP contribution in [0.4, 0.5) is 0 Å². The Kier molecular flexibility index (Phi) is 7.48. The summed E-state index contributed by atoms with van der Waals surface area (Å²) in [6.45, 7) is 8.72. The molecule has 1 fully saturated rings. The molecule has 0 saturated carbocycles. The van der Waals surface area contributed by atoms with Crippen LogP contribution in [0.5, 0.6) is 0 Å². The lowest BCUT2D eigenvalue weighted by Crippen LogP contribution is -2.52. The summed E-state index contributed by atoms with van der Waals surface area (Å²) in [6, 6.07) is 0. The van der Waals surface area contributed by atoms with Crippen molar-refractivity contribution in [1.82, 2.24) is 5.32 Å². The number of carbonyl (C=O) groups is 1. The van der Waals surface area contributed by atoms with Gasteiger partial charge in [0.2, 0.25) is 5.91 Å². The molecule has 20 heavy (non-hydrogen) atoms. The van der Waals surface area contributed by atoms with Crippen LogP contribution in [0.15, 0.2) is 0 Å². The maximum absolute atomic E-state index is 12.0. The summed E-state index contributed by atoms with van der Waals surface area (Å²) < 4.78 is 11.0. The minimum Gasteiger partial charge on any atom is -0.381 e. The second-order valence-corrected chi connectivity index (χ2v) is 6.34. The zero-order valence-corrected chi connectivity index (χ0v) is 13.1. The Bertz CT molecular complexity index is 291. The van der Waals surface area contributed by atoms with Crippen LogP contribution in [0.2, 0.25) is 0 Å². The highest BCUT2D eigenvalue weighted by molar-refractivity contribution is 5.76. The normalized spacial score (nSPS) is 19.9. The molecule has 1 rings (SSSR count). The van der Waals surface area contributed by atoms with Gasteiger partial charge in [0, 0.05) is 31.7 Å². The van der Waals surface area contributed by atoms with E-state index < -0.39 is 0 Å². The van der Waals surface area contributed by atoms with Crippen LogP contribution in [-0.4, -0.2) is 43.9 Å². The van der Waals surface area contributed by atoms with Gasteiger partial charge in [-0.25, -0.2) is 0 Å². The van der Waals surface area contributed by atoms with E-state index in [1.807, 2.05) is 6.92 Å². The highest BCUT2D eigenvalue weighted by Gasteiger charge is 2.25. The Morgan fingerprint density at radius 1 is 1.45 bits per heavy atom. The van der Waals surface area contributed by atoms with Gasteiger partial charge >= 0.3 is 0 Å². The van der Waals surface area contributed by atoms with Crippen molar-refractivity contribution in [2.24, 2.45) is 11.7 Å². The number of hydrogen-bond acceptors (Lipinski definition) is 4. The van der Waals surface area contributed by atoms with Crippen molar-refractivity contribution in [1.29, 1.82) is 0 Å². The predicted octanol–water partition coefficient (Wildman–Crippen LogP) is 1.45. The lowest BCUT2D eigenvalue weighted by atomic mass is 9.90. The van der Waals surface area contributed by atoms with Crippen molar-refractivity contribution in [2.45, 2.75) is 58.1 Å². The van der Waals surface area contributed by atoms with Crippen LogP contribution in [0.3, 0.4) is 0 Å². The average Bonchev–Trinajstić information content (AvgIpc) is 2.39. The number of nitrogens with two attached hydrogens (primary N) is 1. The first-order chi connectivity index (χ1) is 9.45. The van der Waals surface area contributed by atoms with Gasteiger partial charge in [-0.3, -0.25) is 4.79 Å². The molecule has 0 radical (unpaired) electrons. The lowest BCUT2D eigenvalue weighted by Gasteiger charge is -2.31. The molecule has 1 heterocycles. The van der Waals surface area contributed by atoms with Crippen LogP contribution in [-0.2, 0) is 14.3 Å². The summed E-state index contributed by atoms with van der Waals surface area (Å²) in [5.74, 6) is 0.521. The Morgan fingerprint density at radius 2 is 2.10 bits per heavy atom. The molecule has 5 nitrogen and oxygen atoms in total. The van der Waals surface area contributed by atoms with E-state index in [1.54, 1.807) is 0 Å². The third kappa shape index (κ3) is 6.68. The SMILES string of the molecule is CC(C)CC(C)(CN)NC(=O)CCOC1CCOCC1. The van der Waals surface area contributed by atoms with Gasteiger partial charge in [0.1, 0.15) is 0 Å². The third-order valence-electron chi connectivity index (χ3n) is 3.60. The average molecular weight is 286 g/mol. The summed E-state index contributed by atoms with van der Waals surface area (Å²) in [6.07, 6.45) is 3.37. The number of amides is 1. The predicted molar refractivity (Wildman–Crippen MR) is 79.5 cm³/mol. The molecule has 1 aliphatic heterocycles. The number of nitrogens with one attached hydrogen (secondary N) is 1. The first-order valence-electron chi connectivity index (χ1n) is 7.65. The van der Waals surface area contributed by atoms with E-state index in [0.717, 1.165) is 32.5 Å². The first-order valence-corrected chi connectivity index (χ1v) is 7.65. The molecule has 1 aliphatic rings. The van der Waals surface area contributed by atoms with E-state index in [-0.39, 0.29) is 17.6 Å². The summed E-state index contributed by atoms with van der Waals surface area (Å²) in [7, 11) is 0. The van der Waals surface area contributed by atoms with Crippen molar-refractivity contribution in [3.8, 4) is 0 Å². The Morgan fingerprint density at radius 3 is 2.65 bits per heavy atom. The zero-order chi connectivity index (χ0) is 15.0. The van der Waals surface area contributed by atoms with Gasteiger partial charge in [-0.05, 0) is 32.1 Å². The van der Waals surface area contributed by atoms with Gasteiger partial charge in [-0.1, -0.05) is 13.8 Å². The van der Waals surface area contributed by atoms with Crippen molar-refractivity contribution in [3.63, 3.8) is 0 Å². The summed E-state index contributed by atoms with van der Waals surface area (Å²) in [5.41, 5.74) is 5.47. The zero-order valence-electron chi connectivity index (χ0n) is 13.1. The van der Waals surface area contributed by atoms with Crippen LogP contribution >= 0.6 is 0 Å². The van der Waals surface area contributed by atoms with Gasteiger partial charge in [-0.15, -0.1) is 0 Å². The number of ether oxygens (including phenoxy) is 2. The van der Waals surface area contributed by atoms with E-state index in [2.05, 4.69) is 19.2 Å². The lowest BCUT2D eigenvalue weighted by molar-refractivity contribution is -0.125. The minimum absolute atomic E-state index is 0.0191. The maximum atomic E-state index is 12.0. The highest BCUT2D eigenvalue weighted by atomic mass is 16.5. The van der Waals surface area contributed by atoms with E-state index in [0.29, 0.717) is 25.5 Å². The van der Waals surface area contributed by atoms with Crippen molar-refractivity contribution < 1.29 is 14.3 Å². The van der Waals surface area contributed by atoms with E-state index in [9.17, 15) is 4.79 Å². The van der Waals surface area contributed by atoms with Crippen molar-refractivity contribution >= 4 is 5.91 Å². The van der Waals surface area contributed by atoms with E-state index >= 15 is 0 Å². The van der Waals surface area contributed by atoms with E-state index in [1.165, 1.54) is 0 Å². The molecule has 0 aromatic rings. The standard InChI is InChI=1S/C15H30N2O3/c1-12(2)10-15(3,11-16)17-14(18)6-9-20-13-4-7-19-8-5-13/h12-13H,4-11,16H2,1-3H3,(H,17,18). The molecule has 0 spiro atoms. The monoisotopic (exact) mass is 286 g/mol. The molecule has 3 N–H and O–H groups in total. The number of carbonyl (C=O) groups excluding carboxylic acids is 1. The number of hydrogen-bond donors (Lipinski definition) is 2. The van der Waals surface area contributed by atoms with Gasteiger partial charge < -0.3 is 20.5 Å².